The van der Waals surface area contributed by atoms with E-state index in [9.17, 15) is 0 Å². The number of ether oxygens (including phenoxy) is 1. The van der Waals surface area contributed by atoms with Crippen LogP contribution in [0.3, 0.4) is 0 Å². The zero-order valence-electron chi connectivity index (χ0n) is 15.0. The molecule has 0 radical (unpaired) electrons. The summed E-state index contributed by atoms with van der Waals surface area (Å²) in [5, 5.41) is 0. The fourth-order valence-electron chi connectivity index (χ4n) is 2.45. The van der Waals surface area contributed by atoms with Crippen molar-refractivity contribution in [1.29, 1.82) is 0 Å². The summed E-state index contributed by atoms with van der Waals surface area (Å²) in [4.78, 5) is 8.05. The number of aryl methyl sites for hydroxylation is 1. The Kier molecular flexibility index (Phi) is 6.82. The van der Waals surface area contributed by atoms with E-state index in [0.29, 0.717) is 18.2 Å². The van der Waals surface area contributed by atoms with Crippen molar-refractivity contribution >= 4 is 11.8 Å². The van der Waals surface area contributed by atoms with Crippen molar-refractivity contribution in [2.75, 3.05) is 18.6 Å². The Morgan fingerprint density at radius 3 is 2.30 bits per heavy atom. The molecule has 0 aliphatic rings. The van der Waals surface area contributed by atoms with Gasteiger partial charge in [-0.3, -0.25) is 0 Å². The summed E-state index contributed by atoms with van der Waals surface area (Å²) in [5.41, 5.74) is 15.9. The fourth-order valence-corrected chi connectivity index (χ4v) is 2.45. The summed E-state index contributed by atoms with van der Waals surface area (Å²) >= 11 is 0. The Hall–Kier alpha value is -2.30. The lowest BCUT2D eigenvalue weighted by Crippen LogP contribution is -2.06. The highest BCUT2D eigenvalue weighted by atomic mass is 16.5. The lowest BCUT2D eigenvalue weighted by molar-refractivity contribution is 0.410. The minimum absolute atomic E-state index is 0.200. The molecule has 0 saturated heterocycles. The highest BCUT2D eigenvalue weighted by molar-refractivity contribution is 5.49. The second kappa shape index (κ2) is 8.36. The Morgan fingerprint density at radius 1 is 1.13 bits per heavy atom. The topological polar surface area (TPSA) is 87.0 Å². The quantitative estimate of drug-likeness (QED) is 0.898. The van der Waals surface area contributed by atoms with Gasteiger partial charge in [0, 0.05) is 18.2 Å². The minimum atomic E-state index is 0.200. The number of aromatic nitrogens is 2. The number of nitrogen functional groups attached to an aromatic ring is 2. The Bertz CT molecular complexity index is 654. The van der Waals surface area contributed by atoms with Crippen molar-refractivity contribution in [3.63, 3.8) is 0 Å². The third-order valence-corrected chi connectivity index (χ3v) is 3.58. The van der Waals surface area contributed by atoms with Gasteiger partial charge >= 0.3 is 0 Å². The molecule has 2 rings (SSSR count). The van der Waals surface area contributed by atoms with Gasteiger partial charge < -0.3 is 16.2 Å². The van der Waals surface area contributed by atoms with Crippen molar-refractivity contribution in [2.24, 2.45) is 0 Å². The van der Waals surface area contributed by atoms with Gasteiger partial charge in [-0.1, -0.05) is 33.8 Å². The van der Waals surface area contributed by atoms with E-state index in [1.54, 1.807) is 13.3 Å². The van der Waals surface area contributed by atoms with Crippen molar-refractivity contribution in [3.8, 4) is 5.75 Å². The van der Waals surface area contributed by atoms with Crippen LogP contribution < -0.4 is 16.2 Å². The summed E-state index contributed by atoms with van der Waals surface area (Å²) in [6, 6.07) is 4.24. The van der Waals surface area contributed by atoms with E-state index in [-0.39, 0.29) is 5.95 Å². The Balaban J connectivity index is 0.00000127. The van der Waals surface area contributed by atoms with Gasteiger partial charge in [-0.15, -0.1) is 0 Å². The predicted molar refractivity (Wildman–Crippen MR) is 96.8 cm³/mol. The first kappa shape index (κ1) is 18.7. The zero-order valence-corrected chi connectivity index (χ0v) is 15.0. The van der Waals surface area contributed by atoms with Gasteiger partial charge in [0.2, 0.25) is 5.95 Å². The lowest BCUT2D eigenvalue weighted by Gasteiger charge is -2.17. The monoisotopic (exact) mass is 316 g/mol. The molecule has 0 saturated carbocycles. The molecule has 1 aromatic carbocycles. The van der Waals surface area contributed by atoms with Crippen molar-refractivity contribution in [1.82, 2.24) is 9.97 Å². The summed E-state index contributed by atoms with van der Waals surface area (Å²) in [6.45, 7) is 10.4. The molecule has 0 amide bonds. The molecule has 0 aliphatic carbocycles. The van der Waals surface area contributed by atoms with Gasteiger partial charge in [0.15, 0.2) is 0 Å². The third-order valence-electron chi connectivity index (χ3n) is 3.58. The molecule has 1 heterocycles. The first-order valence-corrected chi connectivity index (χ1v) is 7.96. The first-order valence-electron chi connectivity index (χ1n) is 7.96. The minimum Gasteiger partial charge on any atom is -0.496 e. The number of nitrogens with two attached hydrogens (primary N) is 2. The first-order chi connectivity index (χ1) is 10.9. The van der Waals surface area contributed by atoms with Crippen LogP contribution in [0.15, 0.2) is 18.3 Å². The number of anilines is 2. The molecule has 0 bridgehead atoms. The van der Waals surface area contributed by atoms with Crippen LogP contribution in [0.1, 0.15) is 55.9 Å². The van der Waals surface area contributed by atoms with Gasteiger partial charge in [0.25, 0.3) is 0 Å². The average molecular weight is 316 g/mol. The smallest absolute Gasteiger partial charge is 0.221 e. The average Bonchev–Trinajstić information content (AvgIpc) is 2.52. The maximum atomic E-state index is 5.93. The maximum absolute atomic E-state index is 5.93. The van der Waals surface area contributed by atoms with Gasteiger partial charge in [-0.25, -0.2) is 4.98 Å². The van der Waals surface area contributed by atoms with Crippen LogP contribution in [0.2, 0.25) is 0 Å². The van der Waals surface area contributed by atoms with E-state index in [1.807, 2.05) is 20.8 Å². The van der Waals surface area contributed by atoms with Crippen LogP contribution in [-0.4, -0.2) is 17.1 Å². The molecule has 1 aromatic heterocycles. The predicted octanol–water partition coefficient (Wildman–Crippen LogP) is 3.70. The highest BCUT2D eigenvalue weighted by Gasteiger charge is 2.13. The number of methoxy groups -OCH3 is 1. The number of hydrogen-bond donors (Lipinski definition) is 2. The molecule has 0 unspecified atom stereocenters. The van der Waals surface area contributed by atoms with Crippen LogP contribution >= 0.6 is 0 Å². The van der Waals surface area contributed by atoms with E-state index in [0.717, 1.165) is 16.9 Å². The summed E-state index contributed by atoms with van der Waals surface area (Å²) in [7, 11) is 1.69. The molecular formula is C18H28N4O. The standard InChI is InChI=1S/C16H22N4O.C2H6/c1-9(2)13-7-14(21-4)10(3)5-11(13)6-12-8-19-16(18)20-15(12)17;1-2/h5,7-9H,6H2,1-4H3,(H4,17,18,19,20);1-2H3. The Labute approximate surface area is 139 Å². The van der Waals surface area contributed by atoms with Crippen LogP contribution in [0, 0.1) is 6.92 Å². The maximum Gasteiger partial charge on any atom is 0.221 e. The SMILES string of the molecule is CC.COc1cc(C(C)C)c(Cc2cnc(N)nc2N)cc1C. The van der Waals surface area contributed by atoms with Gasteiger partial charge in [-0.05, 0) is 35.6 Å². The third kappa shape index (κ3) is 4.58. The molecule has 5 nitrogen and oxygen atoms in total. The van der Waals surface area contributed by atoms with Crippen LogP contribution in [0.25, 0.3) is 0 Å². The van der Waals surface area contributed by atoms with Crippen LogP contribution in [0.5, 0.6) is 5.75 Å². The summed E-state index contributed by atoms with van der Waals surface area (Å²) in [5.74, 6) is 1.94. The molecular weight excluding hydrogens is 288 g/mol. The normalized spacial score (nSPS) is 10.2. The van der Waals surface area contributed by atoms with E-state index in [4.69, 9.17) is 16.2 Å². The molecule has 0 atom stereocenters. The number of rotatable bonds is 4. The lowest BCUT2D eigenvalue weighted by atomic mass is 9.91. The number of hydrogen-bond acceptors (Lipinski definition) is 5. The van der Waals surface area contributed by atoms with Gasteiger partial charge in [0.05, 0.1) is 7.11 Å². The second-order valence-electron chi connectivity index (χ2n) is 5.49. The largest absolute Gasteiger partial charge is 0.496 e. The molecule has 5 heteroatoms. The summed E-state index contributed by atoms with van der Waals surface area (Å²) in [6.07, 6.45) is 2.38. The molecule has 4 N–H and O–H groups in total. The molecule has 0 spiro atoms. The second-order valence-corrected chi connectivity index (χ2v) is 5.49. The van der Waals surface area contributed by atoms with Crippen LogP contribution in [-0.2, 0) is 6.42 Å². The van der Waals surface area contributed by atoms with Crippen LogP contribution in [0.4, 0.5) is 11.8 Å². The molecule has 23 heavy (non-hydrogen) atoms. The highest BCUT2D eigenvalue weighted by Crippen LogP contribution is 2.30. The number of benzene rings is 1. The van der Waals surface area contributed by atoms with E-state index >= 15 is 0 Å². The van der Waals surface area contributed by atoms with Gasteiger partial charge in [-0.2, -0.15) is 4.98 Å². The molecule has 2 aromatic rings. The molecule has 0 aliphatic heterocycles. The fraction of sp³-hybridized carbons (Fsp3) is 0.444. The zero-order chi connectivity index (χ0) is 17.6. The van der Waals surface area contributed by atoms with Gasteiger partial charge in [0.1, 0.15) is 11.6 Å². The van der Waals surface area contributed by atoms with E-state index < -0.39 is 0 Å². The number of nitrogens with zero attached hydrogens (tertiary/aromatic N) is 2. The van der Waals surface area contributed by atoms with E-state index in [2.05, 4.69) is 35.9 Å². The van der Waals surface area contributed by atoms with Crippen molar-refractivity contribution < 1.29 is 4.74 Å². The van der Waals surface area contributed by atoms with Crippen molar-refractivity contribution in [2.45, 2.75) is 47.0 Å². The van der Waals surface area contributed by atoms with Crippen molar-refractivity contribution in [3.05, 3.63) is 40.6 Å². The molecule has 0 fully saturated rings. The molecule has 126 valence electrons. The summed E-state index contributed by atoms with van der Waals surface area (Å²) < 4.78 is 5.41. The van der Waals surface area contributed by atoms with E-state index in [1.165, 1.54) is 11.1 Å². The Morgan fingerprint density at radius 2 is 1.78 bits per heavy atom.